The largest absolute Gasteiger partial charge is 0.343 e. The Bertz CT molecular complexity index is 982. The van der Waals surface area contributed by atoms with Gasteiger partial charge in [-0.2, -0.15) is 0 Å². The summed E-state index contributed by atoms with van der Waals surface area (Å²) in [7, 11) is 0. The van der Waals surface area contributed by atoms with Gasteiger partial charge >= 0.3 is 0 Å². The molecule has 116 valence electrons. The fraction of sp³-hybridized carbons (Fsp3) is 0.200. The Hall–Kier alpha value is -2.20. The number of aliphatic hydroxyl groups is 3. The monoisotopic (exact) mass is 306 g/mol. The lowest BCUT2D eigenvalue weighted by atomic mass is 9.89. The molecule has 4 aromatic rings. The Balaban J connectivity index is 2.00. The molecule has 4 aromatic carbocycles. The van der Waals surface area contributed by atoms with Crippen LogP contribution in [0.25, 0.3) is 32.3 Å². The average Bonchev–Trinajstić information content (AvgIpc) is 2.53. The summed E-state index contributed by atoms with van der Waals surface area (Å²) in [6.45, 7) is 1.62. The quantitative estimate of drug-likeness (QED) is 0.401. The molecule has 0 aliphatic carbocycles. The van der Waals surface area contributed by atoms with Crippen molar-refractivity contribution in [3.63, 3.8) is 0 Å². The van der Waals surface area contributed by atoms with Crippen molar-refractivity contribution in [1.29, 1.82) is 0 Å². The van der Waals surface area contributed by atoms with Crippen molar-refractivity contribution in [3.8, 4) is 0 Å². The molecule has 0 heterocycles. The van der Waals surface area contributed by atoms with Gasteiger partial charge in [-0.1, -0.05) is 61.5 Å². The van der Waals surface area contributed by atoms with Gasteiger partial charge in [-0.3, -0.25) is 0 Å². The zero-order valence-electron chi connectivity index (χ0n) is 12.8. The zero-order valence-corrected chi connectivity index (χ0v) is 12.8. The van der Waals surface area contributed by atoms with Gasteiger partial charge in [0.15, 0.2) is 0 Å². The van der Waals surface area contributed by atoms with Gasteiger partial charge in [0.05, 0.1) is 0 Å². The van der Waals surface area contributed by atoms with Crippen LogP contribution in [0.4, 0.5) is 0 Å². The molecule has 0 saturated carbocycles. The lowest BCUT2D eigenvalue weighted by molar-refractivity contribution is -0.338. The number of hydrogen-bond donors (Lipinski definition) is 3. The van der Waals surface area contributed by atoms with Crippen LogP contribution in [0, 0.1) is 5.92 Å². The summed E-state index contributed by atoms with van der Waals surface area (Å²) in [5.41, 5.74) is 1.00. The van der Waals surface area contributed by atoms with E-state index in [9.17, 15) is 15.3 Å². The summed E-state index contributed by atoms with van der Waals surface area (Å²) in [5, 5.41) is 35.3. The van der Waals surface area contributed by atoms with Crippen molar-refractivity contribution in [1.82, 2.24) is 0 Å². The molecule has 0 aliphatic rings. The molecule has 1 atom stereocenters. The van der Waals surface area contributed by atoms with Gasteiger partial charge < -0.3 is 15.3 Å². The van der Waals surface area contributed by atoms with E-state index in [0.29, 0.717) is 6.42 Å². The van der Waals surface area contributed by atoms with Gasteiger partial charge in [0.2, 0.25) is 0 Å². The average molecular weight is 306 g/mol. The molecule has 1 unspecified atom stereocenters. The summed E-state index contributed by atoms with van der Waals surface area (Å²) in [4.78, 5) is 0. The summed E-state index contributed by atoms with van der Waals surface area (Å²) in [5.74, 6) is -3.34. The Morgan fingerprint density at radius 2 is 1.35 bits per heavy atom. The molecule has 23 heavy (non-hydrogen) atoms. The van der Waals surface area contributed by atoms with Crippen LogP contribution < -0.4 is 0 Å². The second kappa shape index (κ2) is 4.90. The second-order valence-corrected chi connectivity index (χ2v) is 6.37. The van der Waals surface area contributed by atoms with Crippen LogP contribution in [0.2, 0.25) is 0 Å². The molecule has 3 N–H and O–H groups in total. The Kier molecular flexibility index (Phi) is 3.07. The summed E-state index contributed by atoms with van der Waals surface area (Å²) in [6, 6.07) is 18.8. The predicted molar refractivity (Wildman–Crippen MR) is 92.4 cm³/mol. The van der Waals surface area contributed by atoms with Gasteiger partial charge in [-0.25, -0.2) is 0 Å². The minimum atomic E-state index is -2.66. The van der Waals surface area contributed by atoms with Crippen LogP contribution in [0.1, 0.15) is 12.5 Å². The zero-order chi connectivity index (χ0) is 16.2. The van der Waals surface area contributed by atoms with Crippen LogP contribution in [-0.4, -0.2) is 21.3 Å². The molecule has 0 aliphatic heterocycles. The lowest BCUT2D eigenvalue weighted by Gasteiger charge is -2.23. The van der Waals surface area contributed by atoms with Gasteiger partial charge in [-0.05, 0) is 44.3 Å². The normalized spacial score (nSPS) is 14.1. The molecule has 3 nitrogen and oxygen atoms in total. The minimum Gasteiger partial charge on any atom is -0.343 e. The molecular weight excluding hydrogens is 288 g/mol. The standard InChI is InChI=1S/C20H18O3/c1-12(20(21,22)23)11-16-8-7-15-6-5-13-3-2-4-14-9-10-17(16)19(15)18(13)14/h2-10,12,21-23H,11H2,1H3. The fourth-order valence-electron chi connectivity index (χ4n) is 3.44. The molecular formula is C20H18O3. The van der Waals surface area contributed by atoms with E-state index >= 15 is 0 Å². The highest BCUT2D eigenvalue weighted by molar-refractivity contribution is 6.23. The van der Waals surface area contributed by atoms with E-state index in [2.05, 4.69) is 48.5 Å². The van der Waals surface area contributed by atoms with Gasteiger partial charge in [0.1, 0.15) is 0 Å². The first-order chi connectivity index (χ1) is 10.9. The molecule has 3 heteroatoms. The predicted octanol–water partition coefficient (Wildman–Crippen LogP) is 3.39. The number of rotatable bonds is 3. The van der Waals surface area contributed by atoms with Crippen molar-refractivity contribution < 1.29 is 15.3 Å². The van der Waals surface area contributed by atoms with Crippen LogP contribution in [-0.2, 0) is 6.42 Å². The maximum atomic E-state index is 9.40. The van der Waals surface area contributed by atoms with Gasteiger partial charge in [-0.15, -0.1) is 0 Å². The summed E-state index contributed by atoms with van der Waals surface area (Å²) in [6.07, 6.45) is 0.387. The smallest absolute Gasteiger partial charge is 0.278 e. The molecule has 0 spiro atoms. The number of benzene rings is 4. The van der Waals surface area contributed by atoms with Crippen LogP contribution in [0.5, 0.6) is 0 Å². The van der Waals surface area contributed by atoms with E-state index in [-0.39, 0.29) is 0 Å². The van der Waals surface area contributed by atoms with Crippen molar-refractivity contribution in [2.75, 3.05) is 0 Å². The highest BCUT2D eigenvalue weighted by Crippen LogP contribution is 2.36. The van der Waals surface area contributed by atoms with Crippen molar-refractivity contribution in [2.45, 2.75) is 19.3 Å². The molecule has 0 saturated heterocycles. The van der Waals surface area contributed by atoms with Crippen molar-refractivity contribution in [3.05, 3.63) is 60.2 Å². The van der Waals surface area contributed by atoms with Crippen LogP contribution in [0.3, 0.4) is 0 Å². The molecule has 0 fully saturated rings. The van der Waals surface area contributed by atoms with E-state index in [1.807, 2.05) is 6.07 Å². The van der Waals surface area contributed by atoms with Crippen molar-refractivity contribution >= 4 is 32.3 Å². The van der Waals surface area contributed by atoms with E-state index in [0.717, 1.165) is 10.9 Å². The molecule has 0 radical (unpaired) electrons. The molecule has 0 amide bonds. The SMILES string of the molecule is CC(Cc1ccc2ccc3cccc4ccc1c2c34)C(O)(O)O. The van der Waals surface area contributed by atoms with Crippen LogP contribution in [0.15, 0.2) is 54.6 Å². The summed E-state index contributed by atoms with van der Waals surface area (Å²) < 4.78 is 0. The highest BCUT2D eigenvalue weighted by Gasteiger charge is 2.28. The first-order valence-corrected chi connectivity index (χ1v) is 7.77. The number of hydrogen-bond acceptors (Lipinski definition) is 3. The first kappa shape index (κ1) is 14.4. The van der Waals surface area contributed by atoms with E-state index in [4.69, 9.17) is 0 Å². The Morgan fingerprint density at radius 1 is 0.783 bits per heavy atom. The van der Waals surface area contributed by atoms with Crippen molar-refractivity contribution in [2.24, 2.45) is 5.92 Å². The Labute approximate surface area is 133 Å². The highest BCUT2D eigenvalue weighted by atomic mass is 16.7. The minimum absolute atomic E-state index is 0.387. The Morgan fingerprint density at radius 3 is 2.00 bits per heavy atom. The third kappa shape index (κ3) is 2.25. The van der Waals surface area contributed by atoms with Crippen LogP contribution >= 0.6 is 0 Å². The third-order valence-corrected chi connectivity index (χ3v) is 4.81. The lowest BCUT2D eigenvalue weighted by Crippen LogP contribution is -2.36. The maximum absolute atomic E-state index is 9.40. The topological polar surface area (TPSA) is 60.7 Å². The molecule has 4 rings (SSSR count). The van der Waals surface area contributed by atoms with E-state index in [1.54, 1.807) is 6.92 Å². The third-order valence-electron chi connectivity index (χ3n) is 4.81. The second-order valence-electron chi connectivity index (χ2n) is 6.37. The molecule has 0 bridgehead atoms. The molecule has 0 aromatic heterocycles. The van der Waals surface area contributed by atoms with E-state index in [1.165, 1.54) is 26.9 Å². The maximum Gasteiger partial charge on any atom is 0.278 e. The van der Waals surface area contributed by atoms with Gasteiger partial charge in [0, 0.05) is 5.92 Å². The summed E-state index contributed by atoms with van der Waals surface area (Å²) >= 11 is 0. The first-order valence-electron chi connectivity index (χ1n) is 7.77. The van der Waals surface area contributed by atoms with Gasteiger partial charge in [0.25, 0.3) is 5.97 Å². The fourth-order valence-corrected chi connectivity index (χ4v) is 3.44. The van der Waals surface area contributed by atoms with E-state index < -0.39 is 11.9 Å².